The predicted octanol–water partition coefficient (Wildman–Crippen LogP) is 4.35. The molecule has 0 bridgehead atoms. The van der Waals surface area contributed by atoms with Crippen molar-refractivity contribution in [3.8, 4) is 11.5 Å². The summed E-state index contributed by atoms with van der Waals surface area (Å²) in [5.41, 5.74) is 3.03. The van der Waals surface area contributed by atoms with Crippen molar-refractivity contribution in [1.82, 2.24) is 0 Å². The van der Waals surface area contributed by atoms with Crippen LogP contribution in [0.25, 0.3) is 0 Å². The van der Waals surface area contributed by atoms with Crippen molar-refractivity contribution in [3.63, 3.8) is 0 Å². The molecule has 0 aliphatic carbocycles. The summed E-state index contributed by atoms with van der Waals surface area (Å²) < 4.78 is 71.7. The summed E-state index contributed by atoms with van der Waals surface area (Å²) in [5, 5.41) is 0. The van der Waals surface area contributed by atoms with E-state index in [0.717, 1.165) is 23.8 Å². The van der Waals surface area contributed by atoms with Gasteiger partial charge in [-0.1, -0.05) is 83.5 Å². The van der Waals surface area contributed by atoms with E-state index in [-0.39, 0.29) is 32.1 Å². The average Bonchev–Trinajstić information content (AvgIpc) is 2.95. The minimum Gasteiger partial charge on any atom is -0.493 e. The van der Waals surface area contributed by atoms with Crippen LogP contribution in [0.2, 0.25) is 0 Å². The molecule has 235 valence electrons. The normalized spacial score (nSPS) is 12.8. The number of benzene rings is 4. The summed E-state index contributed by atoms with van der Waals surface area (Å²) in [6.45, 7) is 14.6. The maximum atomic E-state index is 13.8. The molecule has 0 heterocycles. The van der Waals surface area contributed by atoms with Gasteiger partial charge in [0.2, 0.25) is 0 Å². The van der Waals surface area contributed by atoms with E-state index in [2.05, 4.69) is 41.5 Å². The Bertz CT molecular complexity index is 1760. The standard InChI is InChI=1S/C34H39IO7S2/c1-24-9-19-29(20-10-24)43(36,37)41-31-22-21-30(23-32(31)40-8)44(38,39)42-35(27-15-11-25(12-16-27)33(2,3)4)28-17-13-26(14-18-28)34(5,6)7/h9-23H,1-8H3/q+1. The van der Waals surface area contributed by atoms with Crippen molar-refractivity contribution in [1.29, 1.82) is 0 Å². The van der Waals surface area contributed by atoms with E-state index in [9.17, 15) is 16.8 Å². The van der Waals surface area contributed by atoms with Gasteiger partial charge in [0, 0.05) is 6.07 Å². The van der Waals surface area contributed by atoms with Gasteiger partial charge in [0.25, 0.3) is 0 Å². The van der Waals surface area contributed by atoms with Crippen LogP contribution in [0.1, 0.15) is 58.2 Å². The Morgan fingerprint density at radius 3 is 1.45 bits per heavy atom. The molecule has 0 saturated heterocycles. The SMILES string of the molecule is COc1cc(S(=O)(=O)O[I+](c2ccc(C(C)(C)C)cc2)c2ccc(C(C)(C)C)cc2)ccc1OS(=O)(=O)c1ccc(C)cc1. The fraction of sp³-hybridized carbons (Fsp3) is 0.294. The molecule has 0 unspecified atom stereocenters. The minimum atomic E-state index is -4.30. The third kappa shape index (κ3) is 8.01. The lowest BCUT2D eigenvalue weighted by Gasteiger charge is -2.19. The molecule has 0 saturated carbocycles. The molecule has 4 aromatic carbocycles. The Morgan fingerprint density at radius 1 is 0.568 bits per heavy atom. The highest BCUT2D eigenvalue weighted by Gasteiger charge is 2.39. The summed E-state index contributed by atoms with van der Waals surface area (Å²) in [4.78, 5) is -0.205. The highest BCUT2D eigenvalue weighted by molar-refractivity contribution is 7.87. The number of hydrogen-bond donors (Lipinski definition) is 0. The molecule has 44 heavy (non-hydrogen) atoms. The van der Waals surface area contributed by atoms with Crippen molar-refractivity contribution < 1.29 is 48.5 Å². The Hall–Kier alpha value is -2.93. The molecule has 10 heteroatoms. The van der Waals surface area contributed by atoms with E-state index in [1.165, 1.54) is 37.4 Å². The molecule has 0 amide bonds. The van der Waals surface area contributed by atoms with Gasteiger partial charge >= 0.3 is 40.5 Å². The largest absolute Gasteiger partial charge is 0.493 e. The topological polar surface area (TPSA) is 96.0 Å². The molecule has 0 aromatic heterocycles. The number of methoxy groups -OCH3 is 1. The molecule has 0 N–H and O–H groups in total. The Labute approximate surface area is 269 Å². The lowest BCUT2D eigenvalue weighted by atomic mass is 9.87. The highest BCUT2D eigenvalue weighted by atomic mass is 127. The molecular formula is C34H39IO7S2+. The lowest BCUT2D eigenvalue weighted by Crippen LogP contribution is -3.85. The van der Waals surface area contributed by atoms with E-state index < -0.39 is 40.5 Å². The van der Waals surface area contributed by atoms with Crippen LogP contribution < -0.4 is 29.2 Å². The number of aryl methyl sites for hydroxylation is 1. The summed E-state index contributed by atoms with van der Waals surface area (Å²) in [5.74, 6) is -0.201. The van der Waals surface area contributed by atoms with E-state index in [0.29, 0.717) is 0 Å². The molecule has 0 aliphatic heterocycles. The molecule has 0 fully saturated rings. The molecule has 0 atom stereocenters. The smallest absolute Gasteiger partial charge is 0.339 e. The van der Waals surface area contributed by atoms with Crippen LogP contribution in [0.5, 0.6) is 11.5 Å². The first-order valence-electron chi connectivity index (χ1n) is 14.0. The third-order valence-electron chi connectivity index (χ3n) is 6.90. The summed E-state index contributed by atoms with van der Waals surface area (Å²) in [6, 6.07) is 25.8. The van der Waals surface area contributed by atoms with E-state index >= 15 is 0 Å². The van der Waals surface area contributed by atoms with Crippen LogP contribution in [0.3, 0.4) is 0 Å². The van der Waals surface area contributed by atoms with E-state index in [1.54, 1.807) is 12.1 Å². The first kappa shape index (κ1) is 34.0. The third-order valence-corrected chi connectivity index (χ3v) is 15.5. The monoisotopic (exact) mass is 750 g/mol. The van der Waals surface area contributed by atoms with Gasteiger partial charge in [0.05, 0.1) is 7.11 Å². The fourth-order valence-electron chi connectivity index (χ4n) is 4.19. The van der Waals surface area contributed by atoms with Gasteiger partial charge in [0.1, 0.15) is 9.79 Å². The molecule has 1 radical (unpaired) electrons. The average molecular weight is 751 g/mol. The van der Waals surface area contributed by atoms with Crippen LogP contribution in [-0.4, -0.2) is 23.9 Å². The Balaban J connectivity index is 1.70. The van der Waals surface area contributed by atoms with Crippen molar-refractivity contribution in [2.75, 3.05) is 7.11 Å². The van der Waals surface area contributed by atoms with Gasteiger partial charge in [-0.2, -0.15) is 16.8 Å². The zero-order valence-corrected chi connectivity index (χ0v) is 30.0. The molecule has 0 aliphatic rings. The molecule has 4 rings (SSSR count). The predicted molar refractivity (Wildman–Crippen MR) is 168 cm³/mol. The van der Waals surface area contributed by atoms with Crippen LogP contribution in [0.15, 0.2) is 101 Å². The number of ether oxygens (including phenoxy) is 1. The molecular weight excluding hydrogens is 711 g/mol. The van der Waals surface area contributed by atoms with Gasteiger partial charge < -0.3 is 8.92 Å². The van der Waals surface area contributed by atoms with Crippen molar-refractivity contribution in [3.05, 3.63) is 115 Å². The van der Waals surface area contributed by atoms with E-state index in [4.69, 9.17) is 11.4 Å². The summed E-state index contributed by atoms with van der Waals surface area (Å²) in [6.07, 6.45) is 0. The molecule has 0 spiro atoms. The molecule has 7 nitrogen and oxygen atoms in total. The number of halogens is 1. The Morgan fingerprint density at radius 2 is 1.02 bits per heavy atom. The second kappa shape index (κ2) is 12.8. The second-order valence-electron chi connectivity index (χ2n) is 12.4. The first-order chi connectivity index (χ1) is 20.4. The Kier molecular flexibility index (Phi) is 9.89. The van der Waals surface area contributed by atoms with Crippen LogP contribution in [0, 0.1) is 14.1 Å². The minimum absolute atomic E-state index is 0.0326. The summed E-state index contributed by atoms with van der Waals surface area (Å²) in [7, 11) is -7.17. The quantitative estimate of drug-likeness (QED) is 0.186. The van der Waals surface area contributed by atoms with Crippen molar-refractivity contribution >= 4 is 20.2 Å². The number of hydrogen-bond acceptors (Lipinski definition) is 7. The highest BCUT2D eigenvalue weighted by Crippen LogP contribution is 2.32. The van der Waals surface area contributed by atoms with Crippen molar-refractivity contribution in [2.24, 2.45) is 0 Å². The van der Waals surface area contributed by atoms with Gasteiger partial charge in [-0.25, -0.2) is 0 Å². The zero-order chi connectivity index (χ0) is 32.5. The molecule has 4 aromatic rings. The summed E-state index contributed by atoms with van der Waals surface area (Å²) >= 11 is -3.00. The van der Waals surface area contributed by atoms with Crippen LogP contribution in [-0.2, 0) is 33.6 Å². The fourth-order valence-corrected chi connectivity index (χ4v) is 12.0. The first-order valence-corrected chi connectivity index (χ1v) is 19.8. The van der Waals surface area contributed by atoms with Gasteiger partial charge in [-0.15, -0.1) is 0 Å². The second-order valence-corrected chi connectivity index (χ2v) is 20.5. The zero-order valence-electron chi connectivity index (χ0n) is 26.2. The van der Waals surface area contributed by atoms with Crippen molar-refractivity contribution in [2.45, 2.75) is 69.1 Å². The number of rotatable bonds is 9. The van der Waals surface area contributed by atoms with Crippen LogP contribution >= 0.6 is 0 Å². The van der Waals surface area contributed by atoms with Gasteiger partial charge in [-0.3, -0.25) is 0 Å². The maximum absolute atomic E-state index is 13.8. The van der Waals surface area contributed by atoms with E-state index in [1.807, 2.05) is 55.5 Å². The van der Waals surface area contributed by atoms with Gasteiger partial charge in [0.15, 0.2) is 18.6 Å². The van der Waals surface area contributed by atoms with Gasteiger partial charge in [-0.05, 0) is 79.9 Å². The maximum Gasteiger partial charge on any atom is 0.339 e. The lowest BCUT2D eigenvalue weighted by molar-refractivity contribution is -1.03. The van der Waals surface area contributed by atoms with Crippen LogP contribution in [0.4, 0.5) is 0 Å².